The Labute approximate surface area is 173 Å². The fourth-order valence-corrected chi connectivity index (χ4v) is 4.44. The summed E-state index contributed by atoms with van der Waals surface area (Å²) in [6.45, 7) is 9.41. The molecule has 2 aromatic rings. The van der Waals surface area contributed by atoms with E-state index in [9.17, 15) is 4.79 Å². The summed E-state index contributed by atoms with van der Waals surface area (Å²) in [6.07, 6.45) is 1.61. The maximum absolute atomic E-state index is 13.4. The molecular weight excluding hydrogens is 362 g/mol. The molecule has 0 bridgehead atoms. The van der Waals surface area contributed by atoms with Crippen LogP contribution in [0.1, 0.15) is 41.9 Å². The summed E-state index contributed by atoms with van der Waals surface area (Å²) in [6, 6.07) is 10.1. The molecule has 1 fully saturated rings. The minimum atomic E-state index is -0.0868. The van der Waals surface area contributed by atoms with Crippen molar-refractivity contribution in [2.75, 3.05) is 44.7 Å². The second-order valence-electron chi connectivity index (χ2n) is 8.19. The first-order valence-corrected chi connectivity index (χ1v) is 10.7. The smallest absolute Gasteiger partial charge is 0.230 e. The van der Waals surface area contributed by atoms with Gasteiger partial charge in [0.2, 0.25) is 5.91 Å². The normalized spacial score (nSPS) is 18.4. The van der Waals surface area contributed by atoms with Crippen LogP contribution in [0.25, 0.3) is 0 Å². The first-order chi connectivity index (χ1) is 14.1. The highest BCUT2D eigenvalue weighted by atomic mass is 16.2. The number of likely N-dealkylation sites (N-methyl/N-ethyl adjacent to an activating group) is 1. The zero-order chi connectivity index (χ0) is 20.4. The van der Waals surface area contributed by atoms with Crippen molar-refractivity contribution < 1.29 is 4.79 Å². The van der Waals surface area contributed by atoms with E-state index in [4.69, 9.17) is 9.97 Å². The number of carbonyl (C=O) groups excluding carboxylic acids is 1. The van der Waals surface area contributed by atoms with Gasteiger partial charge in [-0.1, -0.05) is 37.3 Å². The summed E-state index contributed by atoms with van der Waals surface area (Å²) in [5.74, 6) is 1.99. The fourth-order valence-electron chi connectivity index (χ4n) is 4.44. The molecule has 154 valence electrons. The molecule has 1 aromatic heterocycles. The number of hydrogen-bond donors (Lipinski definition) is 0. The van der Waals surface area contributed by atoms with E-state index in [1.165, 1.54) is 0 Å². The molecule has 0 aliphatic carbocycles. The quantitative estimate of drug-likeness (QED) is 0.799. The van der Waals surface area contributed by atoms with Crippen molar-refractivity contribution in [3.63, 3.8) is 0 Å². The van der Waals surface area contributed by atoms with Gasteiger partial charge >= 0.3 is 0 Å². The average molecular weight is 394 g/mol. The highest BCUT2D eigenvalue weighted by Crippen LogP contribution is 2.30. The second-order valence-corrected chi connectivity index (χ2v) is 8.19. The van der Waals surface area contributed by atoms with Crippen LogP contribution < -0.4 is 4.90 Å². The lowest BCUT2D eigenvalue weighted by Gasteiger charge is -2.37. The zero-order valence-corrected chi connectivity index (χ0v) is 17.8. The van der Waals surface area contributed by atoms with Crippen molar-refractivity contribution >= 4 is 11.7 Å². The molecule has 1 aromatic carbocycles. The maximum atomic E-state index is 13.4. The van der Waals surface area contributed by atoms with Crippen molar-refractivity contribution in [3.8, 4) is 0 Å². The minimum Gasteiger partial charge on any atom is -0.354 e. The van der Waals surface area contributed by atoms with Gasteiger partial charge in [0.25, 0.3) is 0 Å². The van der Waals surface area contributed by atoms with Crippen molar-refractivity contribution in [2.45, 2.75) is 39.2 Å². The molecule has 0 spiro atoms. The summed E-state index contributed by atoms with van der Waals surface area (Å²) in [4.78, 5) is 29.7. The number of piperazine rings is 1. The van der Waals surface area contributed by atoms with Crippen LogP contribution >= 0.6 is 0 Å². The molecule has 4 rings (SSSR count). The Morgan fingerprint density at radius 3 is 2.48 bits per heavy atom. The van der Waals surface area contributed by atoms with Crippen LogP contribution in [0.5, 0.6) is 0 Å². The minimum absolute atomic E-state index is 0.0868. The molecule has 3 heterocycles. The summed E-state index contributed by atoms with van der Waals surface area (Å²) < 4.78 is 0. The summed E-state index contributed by atoms with van der Waals surface area (Å²) in [5.41, 5.74) is 3.36. The molecule has 2 aliphatic heterocycles. The van der Waals surface area contributed by atoms with Crippen LogP contribution in [-0.2, 0) is 17.8 Å². The number of hydrogen-bond acceptors (Lipinski definition) is 5. The largest absolute Gasteiger partial charge is 0.354 e. The van der Waals surface area contributed by atoms with Crippen LogP contribution in [0.4, 0.5) is 5.82 Å². The number of nitrogens with zero attached hydrogens (tertiary/aromatic N) is 5. The van der Waals surface area contributed by atoms with E-state index in [-0.39, 0.29) is 11.8 Å². The number of amides is 1. The molecule has 2 aliphatic rings. The molecule has 0 N–H and O–H groups in total. The lowest BCUT2D eigenvalue weighted by atomic mass is 9.93. The number of rotatable bonds is 4. The van der Waals surface area contributed by atoms with Gasteiger partial charge in [0.05, 0.1) is 18.2 Å². The first-order valence-electron chi connectivity index (χ1n) is 10.7. The number of anilines is 1. The number of aryl methyl sites for hydroxylation is 1. The van der Waals surface area contributed by atoms with Crippen LogP contribution in [-0.4, -0.2) is 65.4 Å². The third kappa shape index (κ3) is 4.13. The van der Waals surface area contributed by atoms with Gasteiger partial charge in [-0.3, -0.25) is 4.79 Å². The Morgan fingerprint density at radius 1 is 1.07 bits per heavy atom. The number of fused-ring (bicyclic) bond motifs is 1. The van der Waals surface area contributed by atoms with Gasteiger partial charge in [0, 0.05) is 44.7 Å². The summed E-state index contributed by atoms with van der Waals surface area (Å²) in [7, 11) is 2.16. The Bertz CT molecular complexity index is 861. The Hall–Kier alpha value is -2.47. The highest BCUT2D eigenvalue weighted by Gasteiger charge is 2.31. The van der Waals surface area contributed by atoms with Crippen LogP contribution in [0, 0.1) is 6.92 Å². The van der Waals surface area contributed by atoms with Gasteiger partial charge < -0.3 is 14.7 Å². The van der Waals surface area contributed by atoms with E-state index in [0.717, 1.165) is 74.0 Å². The topological polar surface area (TPSA) is 52.6 Å². The molecule has 6 nitrogen and oxygen atoms in total. The second kappa shape index (κ2) is 8.49. The molecule has 1 atom stereocenters. The first kappa shape index (κ1) is 19.8. The van der Waals surface area contributed by atoms with Gasteiger partial charge in [0.15, 0.2) is 0 Å². The van der Waals surface area contributed by atoms with Crippen molar-refractivity contribution in [1.29, 1.82) is 0 Å². The van der Waals surface area contributed by atoms with E-state index in [2.05, 4.69) is 35.9 Å². The lowest BCUT2D eigenvalue weighted by molar-refractivity contribution is -0.133. The van der Waals surface area contributed by atoms with Gasteiger partial charge in [0.1, 0.15) is 11.6 Å². The zero-order valence-electron chi connectivity index (χ0n) is 17.8. The standard InChI is InChI=1S/C23H31N5O/c1-4-19(18-8-6-5-7-9-18)23(29)28-11-10-21-20(16-28)22(25-17(2)24-21)27-14-12-26(3)13-15-27/h5-9,19H,4,10-16H2,1-3H3. The van der Waals surface area contributed by atoms with Crippen molar-refractivity contribution in [2.24, 2.45) is 0 Å². The SMILES string of the molecule is CCC(C(=O)N1CCc2nc(C)nc(N3CCN(C)CC3)c2C1)c1ccccc1. The predicted molar refractivity (Wildman–Crippen MR) is 115 cm³/mol. The molecule has 0 saturated carbocycles. The van der Waals surface area contributed by atoms with Gasteiger partial charge in [-0.2, -0.15) is 0 Å². The molecule has 0 radical (unpaired) electrons. The van der Waals surface area contributed by atoms with Crippen LogP contribution in [0.2, 0.25) is 0 Å². The number of carbonyl (C=O) groups is 1. The number of benzene rings is 1. The van der Waals surface area contributed by atoms with Crippen LogP contribution in [0.15, 0.2) is 30.3 Å². The molecule has 6 heteroatoms. The van der Waals surface area contributed by atoms with E-state index in [0.29, 0.717) is 6.54 Å². The van der Waals surface area contributed by atoms with Crippen molar-refractivity contribution in [1.82, 2.24) is 19.8 Å². The summed E-state index contributed by atoms with van der Waals surface area (Å²) >= 11 is 0. The number of aromatic nitrogens is 2. The lowest BCUT2D eigenvalue weighted by Crippen LogP contribution is -2.46. The highest BCUT2D eigenvalue weighted by molar-refractivity contribution is 5.84. The Morgan fingerprint density at radius 2 is 1.79 bits per heavy atom. The molecule has 1 saturated heterocycles. The molecular formula is C23H31N5O. The van der Waals surface area contributed by atoms with E-state index >= 15 is 0 Å². The molecule has 1 unspecified atom stereocenters. The van der Waals surface area contributed by atoms with E-state index in [1.807, 2.05) is 30.0 Å². The average Bonchev–Trinajstić information content (AvgIpc) is 2.74. The summed E-state index contributed by atoms with van der Waals surface area (Å²) in [5, 5.41) is 0. The Kier molecular flexibility index (Phi) is 5.81. The fraction of sp³-hybridized carbons (Fsp3) is 0.522. The molecule has 1 amide bonds. The van der Waals surface area contributed by atoms with E-state index < -0.39 is 0 Å². The van der Waals surface area contributed by atoms with E-state index in [1.54, 1.807) is 0 Å². The van der Waals surface area contributed by atoms with Gasteiger partial charge in [-0.15, -0.1) is 0 Å². The third-order valence-corrected chi connectivity index (χ3v) is 6.17. The monoisotopic (exact) mass is 393 g/mol. The molecule has 29 heavy (non-hydrogen) atoms. The van der Waals surface area contributed by atoms with Crippen LogP contribution in [0.3, 0.4) is 0 Å². The maximum Gasteiger partial charge on any atom is 0.230 e. The predicted octanol–water partition coefficient (Wildman–Crippen LogP) is 2.62. The van der Waals surface area contributed by atoms with Gasteiger partial charge in [-0.05, 0) is 26.0 Å². The van der Waals surface area contributed by atoms with Crippen molar-refractivity contribution in [3.05, 3.63) is 53.0 Å². The Balaban J connectivity index is 1.59. The van der Waals surface area contributed by atoms with Gasteiger partial charge in [-0.25, -0.2) is 9.97 Å². The third-order valence-electron chi connectivity index (χ3n) is 6.17.